The Bertz CT molecular complexity index is 359. The van der Waals surface area contributed by atoms with Crippen LogP contribution in [0.3, 0.4) is 0 Å². The van der Waals surface area contributed by atoms with Crippen LogP contribution in [0.2, 0.25) is 0 Å². The molecule has 0 aliphatic rings. The van der Waals surface area contributed by atoms with Gasteiger partial charge in [-0.05, 0) is 32.0 Å². The molecule has 0 aliphatic heterocycles. The molecule has 1 unspecified atom stereocenters. The van der Waals surface area contributed by atoms with E-state index in [1.54, 1.807) is 0 Å². The highest BCUT2D eigenvalue weighted by Crippen LogP contribution is 2.19. The zero-order valence-electron chi connectivity index (χ0n) is 10.8. The zero-order valence-corrected chi connectivity index (χ0v) is 11.6. The lowest BCUT2D eigenvalue weighted by molar-refractivity contribution is -0.119. The highest BCUT2D eigenvalue weighted by Gasteiger charge is 2.13. The van der Waals surface area contributed by atoms with Gasteiger partial charge in [0.05, 0.1) is 0 Å². The molecule has 4 heteroatoms. The van der Waals surface area contributed by atoms with Gasteiger partial charge in [0.25, 0.3) is 0 Å². The van der Waals surface area contributed by atoms with Crippen molar-refractivity contribution in [3.05, 3.63) is 29.3 Å². The average Bonchev–Trinajstić information content (AvgIpc) is 2.23. The van der Waals surface area contributed by atoms with Crippen LogP contribution in [0.15, 0.2) is 18.2 Å². The zero-order chi connectivity index (χ0) is 12.1. The number of anilines is 1. The van der Waals surface area contributed by atoms with Gasteiger partial charge in [-0.3, -0.25) is 4.79 Å². The Balaban J connectivity index is 0.00000256. The fourth-order valence-electron chi connectivity index (χ4n) is 1.66. The van der Waals surface area contributed by atoms with E-state index in [-0.39, 0.29) is 24.2 Å². The second-order valence-electron chi connectivity index (χ2n) is 4.21. The van der Waals surface area contributed by atoms with Crippen molar-refractivity contribution in [2.24, 2.45) is 5.92 Å². The average molecular weight is 257 g/mol. The minimum Gasteiger partial charge on any atom is -0.325 e. The topological polar surface area (TPSA) is 41.1 Å². The molecule has 0 fully saturated rings. The summed E-state index contributed by atoms with van der Waals surface area (Å²) in [5, 5.41) is 5.99. The summed E-state index contributed by atoms with van der Waals surface area (Å²) < 4.78 is 0. The van der Waals surface area contributed by atoms with E-state index in [1.807, 2.05) is 46.0 Å². The van der Waals surface area contributed by atoms with E-state index in [9.17, 15) is 4.79 Å². The summed E-state index contributed by atoms with van der Waals surface area (Å²) in [5.74, 6) is 0.0377. The SMILES string of the molecule is CNCC(C)C(=O)Nc1c(C)cccc1C.Cl. The molecular weight excluding hydrogens is 236 g/mol. The van der Waals surface area contributed by atoms with E-state index in [4.69, 9.17) is 0 Å². The Morgan fingerprint density at radius 1 is 1.29 bits per heavy atom. The molecule has 1 amide bonds. The number of para-hydroxylation sites is 1. The quantitative estimate of drug-likeness (QED) is 0.869. The van der Waals surface area contributed by atoms with Crippen molar-refractivity contribution in [3.63, 3.8) is 0 Å². The number of amides is 1. The molecule has 0 radical (unpaired) electrons. The highest BCUT2D eigenvalue weighted by atomic mass is 35.5. The summed E-state index contributed by atoms with van der Waals surface area (Å²) in [6.07, 6.45) is 0. The molecule has 96 valence electrons. The Morgan fingerprint density at radius 2 is 1.82 bits per heavy atom. The molecule has 0 aromatic heterocycles. The molecule has 17 heavy (non-hydrogen) atoms. The van der Waals surface area contributed by atoms with E-state index in [0.29, 0.717) is 6.54 Å². The molecular formula is C13H21ClN2O. The molecule has 2 N–H and O–H groups in total. The van der Waals surface area contributed by atoms with E-state index >= 15 is 0 Å². The van der Waals surface area contributed by atoms with Gasteiger partial charge >= 0.3 is 0 Å². The van der Waals surface area contributed by atoms with E-state index in [0.717, 1.165) is 16.8 Å². The first-order chi connectivity index (χ1) is 7.56. The number of benzene rings is 1. The lowest BCUT2D eigenvalue weighted by Gasteiger charge is -2.15. The van der Waals surface area contributed by atoms with E-state index in [1.165, 1.54) is 0 Å². The standard InChI is InChI=1S/C13H20N2O.ClH/c1-9-6-5-7-10(2)12(9)15-13(16)11(3)8-14-4;/h5-7,11,14H,8H2,1-4H3,(H,15,16);1H. The maximum Gasteiger partial charge on any atom is 0.228 e. The smallest absolute Gasteiger partial charge is 0.228 e. The van der Waals surface area contributed by atoms with Crippen molar-refractivity contribution < 1.29 is 4.79 Å². The number of nitrogens with one attached hydrogen (secondary N) is 2. The fraction of sp³-hybridized carbons (Fsp3) is 0.462. The highest BCUT2D eigenvalue weighted by molar-refractivity contribution is 5.93. The Kier molecular flexibility index (Phi) is 6.85. The first-order valence-corrected chi connectivity index (χ1v) is 5.58. The van der Waals surface area contributed by atoms with Gasteiger partial charge in [0, 0.05) is 18.2 Å². The van der Waals surface area contributed by atoms with Crippen LogP contribution in [0.25, 0.3) is 0 Å². The molecule has 0 saturated carbocycles. The number of hydrogen-bond donors (Lipinski definition) is 2. The second kappa shape index (κ2) is 7.30. The predicted molar refractivity (Wildman–Crippen MR) is 74.9 cm³/mol. The van der Waals surface area contributed by atoms with Gasteiger partial charge < -0.3 is 10.6 Å². The lowest BCUT2D eigenvalue weighted by atomic mass is 10.1. The third-order valence-electron chi connectivity index (χ3n) is 2.69. The summed E-state index contributed by atoms with van der Waals surface area (Å²) in [6, 6.07) is 6.01. The molecule has 0 heterocycles. The molecule has 1 aromatic carbocycles. The summed E-state index contributed by atoms with van der Waals surface area (Å²) in [5.41, 5.74) is 3.14. The molecule has 1 atom stereocenters. The van der Waals surface area contributed by atoms with Crippen molar-refractivity contribution in [1.82, 2.24) is 5.32 Å². The second-order valence-corrected chi connectivity index (χ2v) is 4.21. The lowest BCUT2D eigenvalue weighted by Crippen LogP contribution is -2.29. The minimum atomic E-state index is -0.0241. The van der Waals surface area contributed by atoms with Crippen LogP contribution in [0.4, 0.5) is 5.69 Å². The number of carbonyl (C=O) groups excluding carboxylic acids is 1. The van der Waals surface area contributed by atoms with Crippen LogP contribution < -0.4 is 10.6 Å². The maximum atomic E-state index is 11.9. The molecule has 1 rings (SSSR count). The molecule has 0 aliphatic carbocycles. The molecule has 0 bridgehead atoms. The van der Waals surface area contributed by atoms with Crippen LogP contribution >= 0.6 is 12.4 Å². The van der Waals surface area contributed by atoms with Crippen molar-refractivity contribution in [3.8, 4) is 0 Å². The summed E-state index contributed by atoms with van der Waals surface area (Å²) in [7, 11) is 1.85. The number of halogens is 1. The number of carbonyl (C=O) groups is 1. The van der Waals surface area contributed by atoms with Gasteiger partial charge in [-0.15, -0.1) is 12.4 Å². The first-order valence-electron chi connectivity index (χ1n) is 5.58. The van der Waals surface area contributed by atoms with Gasteiger partial charge in [-0.2, -0.15) is 0 Å². The van der Waals surface area contributed by atoms with Gasteiger partial charge in [-0.1, -0.05) is 25.1 Å². The number of hydrogen-bond acceptors (Lipinski definition) is 2. The van der Waals surface area contributed by atoms with E-state index in [2.05, 4.69) is 10.6 Å². The molecule has 1 aromatic rings. The predicted octanol–water partition coefficient (Wildman–Crippen LogP) is 2.52. The normalized spacial score (nSPS) is 11.5. The van der Waals surface area contributed by atoms with Crippen LogP contribution in [0, 0.1) is 19.8 Å². The van der Waals surface area contributed by atoms with Crippen LogP contribution in [-0.2, 0) is 4.79 Å². The van der Waals surface area contributed by atoms with Crippen LogP contribution in [0.1, 0.15) is 18.1 Å². The first kappa shape index (κ1) is 15.9. The fourth-order valence-corrected chi connectivity index (χ4v) is 1.66. The van der Waals surface area contributed by atoms with Crippen molar-refractivity contribution in [2.45, 2.75) is 20.8 Å². The van der Waals surface area contributed by atoms with E-state index < -0.39 is 0 Å². The third kappa shape index (κ3) is 4.36. The van der Waals surface area contributed by atoms with Gasteiger partial charge in [0.1, 0.15) is 0 Å². The maximum absolute atomic E-state index is 11.9. The number of aryl methyl sites for hydroxylation is 2. The summed E-state index contributed by atoms with van der Waals surface area (Å²) >= 11 is 0. The summed E-state index contributed by atoms with van der Waals surface area (Å²) in [4.78, 5) is 11.9. The molecule has 3 nitrogen and oxygen atoms in total. The molecule has 0 saturated heterocycles. The Hall–Kier alpha value is -1.06. The van der Waals surface area contributed by atoms with Crippen LogP contribution in [0.5, 0.6) is 0 Å². The van der Waals surface area contributed by atoms with Gasteiger partial charge in [0.2, 0.25) is 5.91 Å². The monoisotopic (exact) mass is 256 g/mol. The third-order valence-corrected chi connectivity index (χ3v) is 2.69. The van der Waals surface area contributed by atoms with Gasteiger partial charge in [0.15, 0.2) is 0 Å². The van der Waals surface area contributed by atoms with Crippen molar-refractivity contribution in [1.29, 1.82) is 0 Å². The Labute approximate surface area is 109 Å². The van der Waals surface area contributed by atoms with Crippen LogP contribution in [-0.4, -0.2) is 19.5 Å². The number of rotatable bonds is 4. The molecule has 0 spiro atoms. The Morgan fingerprint density at radius 3 is 2.29 bits per heavy atom. The van der Waals surface area contributed by atoms with Crippen molar-refractivity contribution in [2.75, 3.05) is 18.9 Å². The van der Waals surface area contributed by atoms with Gasteiger partial charge in [-0.25, -0.2) is 0 Å². The minimum absolute atomic E-state index is 0. The van der Waals surface area contributed by atoms with Crippen molar-refractivity contribution >= 4 is 24.0 Å². The largest absolute Gasteiger partial charge is 0.325 e. The summed E-state index contributed by atoms with van der Waals surface area (Å²) in [6.45, 7) is 6.62.